The smallest absolute Gasteiger partial charge is 0.0957 e. The van der Waals surface area contributed by atoms with Crippen molar-refractivity contribution in [2.45, 2.75) is 0 Å². The van der Waals surface area contributed by atoms with E-state index in [-0.39, 0.29) is 0 Å². The summed E-state index contributed by atoms with van der Waals surface area (Å²) in [5.74, 6) is 0. The third-order valence-corrected chi connectivity index (χ3v) is 7.26. The van der Waals surface area contributed by atoms with Gasteiger partial charge in [0.25, 0.3) is 0 Å². The number of hydrogen-bond donors (Lipinski definition) is 0. The van der Waals surface area contributed by atoms with Gasteiger partial charge >= 0.3 is 0 Å². The number of benzene rings is 5. The molecule has 5 aromatic carbocycles. The molecule has 36 heavy (non-hydrogen) atoms. The molecule has 8 rings (SSSR count). The fourth-order valence-electron chi connectivity index (χ4n) is 5.79. The lowest BCUT2D eigenvalue weighted by Crippen LogP contribution is -1.99. The van der Waals surface area contributed by atoms with E-state index in [0.717, 1.165) is 33.3 Å². The number of hydrogen-bond acceptors (Lipinski definition) is 1. The number of nitrogens with zero attached hydrogens (tertiary/aromatic N) is 3. The Hall–Kier alpha value is -4.89. The molecule has 0 bridgehead atoms. The first-order valence-electron chi connectivity index (χ1n) is 12.3. The first-order valence-corrected chi connectivity index (χ1v) is 12.3. The predicted molar refractivity (Wildman–Crippen MR) is 150 cm³/mol. The van der Waals surface area contributed by atoms with E-state index in [4.69, 9.17) is 4.98 Å². The first kappa shape index (κ1) is 19.4. The van der Waals surface area contributed by atoms with Gasteiger partial charge in [0, 0.05) is 32.9 Å². The molecule has 3 nitrogen and oxygen atoms in total. The standard InChI is InChI=1S/C33H21N3/c1-3-12-23(13-4-1)35-27-18-9-16-25-31(27)32-28(35)19-10-20-29(32)36(24-14-5-2-6-15-24)30-21-22-11-7-8-17-26(22)34-33(25)30/h1-21H. The molecule has 0 amide bonds. The van der Waals surface area contributed by atoms with Crippen LogP contribution in [0.25, 0.3) is 66.0 Å². The van der Waals surface area contributed by atoms with E-state index in [1.165, 1.54) is 32.7 Å². The summed E-state index contributed by atoms with van der Waals surface area (Å²) >= 11 is 0. The van der Waals surface area contributed by atoms with E-state index in [0.29, 0.717) is 0 Å². The molecule has 8 aromatic rings. The topological polar surface area (TPSA) is 22.8 Å². The molecule has 0 radical (unpaired) electrons. The molecule has 0 saturated carbocycles. The molecule has 3 heteroatoms. The molecular weight excluding hydrogens is 438 g/mol. The summed E-state index contributed by atoms with van der Waals surface area (Å²) in [4.78, 5) is 5.28. The molecule has 0 atom stereocenters. The van der Waals surface area contributed by atoms with Gasteiger partial charge in [-0.25, -0.2) is 4.98 Å². The van der Waals surface area contributed by atoms with Gasteiger partial charge in [0.1, 0.15) is 0 Å². The third-order valence-electron chi connectivity index (χ3n) is 7.26. The lowest BCUT2D eigenvalue weighted by Gasteiger charge is -2.13. The van der Waals surface area contributed by atoms with Gasteiger partial charge in [-0.05, 0) is 54.6 Å². The van der Waals surface area contributed by atoms with Gasteiger partial charge < -0.3 is 9.13 Å². The molecule has 0 aliphatic rings. The number of aromatic nitrogens is 3. The predicted octanol–water partition coefficient (Wildman–Crippen LogP) is 8.43. The second-order valence-electron chi connectivity index (χ2n) is 9.26. The van der Waals surface area contributed by atoms with Crippen molar-refractivity contribution < 1.29 is 0 Å². The van der Waals surface area contributed by atoms with Crippen molar-refractivity contribution in [3.8, 4) is 11.4 Å². The third kappa shape index (κ3) is 2.60. The van der Waals surface area contributed by atoms with Gasteiger partial charge in [-0.1, -0.05) is 72.8 Å². The second-order valence-corrected chi connectivity index (χ2v) is 9.26. The van der Waals surface area contributed by atoms with Crippen LogP contribution in [0.3, 0.4) is 0 Å². The number of fused-ring (bicyclic) bond motifs is 3. The maximum Gasteiger partial charge on any atom is 0.0957 e. The average molecular weight is 460 g/mol. The maximum atomic E-state index is 5.28. The minimum absolute atomic E-state index is 1.01. The van der Waals surface area contributed by atoms with E-state index < -0.39 is 0 Å². The molecule has 0 saturated heterocycles. The molecule has 0 unspecified atom stereocenters. The summed E-state index contributed by atoms with van der Waals surface area (Å²) in [5.41, 5.74) is 8.94. The lowest BCUT2D eigenvalue weighted by molar-refractivity contribution is 1.16. The second kappa shape index (κ2) is 7.30. The quantitative estimate of drug-likeness (QED) is 0.254. The summed E-state index contributed by atoms with van der Waals surface area (Å²) in [7, 11) is 0. The van der Waals surface area contributed by atoms with Crippen LogP contribution < -0.4 is 0 Å². The van der Waals surface area contributed by atoms with E-state index >= 15 is 0 Å². The van der Waals surface area contributed by atoms with E-state index in [2.05, 4.69) is 137 Å². The van der Waals surface area contributed by atoms with Crippen LogP contribution in [0.15, 0.2) is 127 Å². The van der Waals surface area contributed by atoms with Gasteiger partial charge in [0.05, 0.1) is 33.1 Å². The highest BCUT2D eigenvalue weighted by molar-refractivity contribution is 6.27. The zero-order chi connectivity index (χ0) is 23.6. The highest BCUT2D eigenvalue weighted by Gasteiger charge is 2.20. The van der Waals surface area contributed by atoms with Crippen molar-refractivity contribution in [1.82, 2.24) is 14.1 Å². The number of para-hydroxylation sites is 3. The average Bonchev–Trinajstić information content (AvgIpc) is 3.23. The highest BCUT2D eigenvalue weighted by atomic mass is 15.0. The van der Waals surface area contributed by atoms with Crippen molar-refractivity contribution in [2.75, 3.05) is 0 Å². The van der Waals surface area contributed by atoms with Gasteiger partial charge in [-0.2, -0.15) is 0 Å². The molecular formula is C33H21N3. The van der Waals surface area contributed by atoms with Crippen molar-refractivity contribution in [1.29, 1.82) is 0 Å². The van der Waals surface area contributed by atoms with Crippen LogP contribution in [0.4, 0.5) is 0 Å². The molecule has 0 N–H and O–H groups in total. The number of rotatable bonds is 2. The van der Waals surface area contributed by atoms with Crippen molar-refractivity contribution in [2.24, 2.45) is 0 Å². The number of pyridine rings is 1. The van der Waals surface area contributed by atoms with Crippen LogP contribution in [0.5, 0.6) is 0 Å². The molecule has 3 heterocycles. The molecule has 3 aromatic heterocycles. The molecule has 0 fully saturated rings. The Morgan fingerprint density at radius 2 is 1.00 bits per heavy atom. The summed E-state index contributed by atoms with van der Waals surface area (Å²) in [6.07, 6.45) is 0. The van der Waals surface area contributed by atoms with Gasteiger partial charge in [-0.15, -0.1) is 0 Å². The van der Waals surface area contributed by atoms with Crippen LogP contribution in [-0.4, -0.2) is 14.1 Å². The minimum atomic E-state index is 1.01. The van der Waals surface area contributed by atoms with E-state index in [9.17, 15) is 0 Å². The highest BCUT2D eigenvalue weighted by Crippen LogP contribution is 2.41. The van der Waals surface area contributed by atoms with Crippen molar-refractivity contribution >= 4 is 54.6 Å². The maximum absolute atomic E-state index is 5.28. The van der Waals surface area contributed by atoms with Crippen LogP contribution >= 0.6 is 0 Å². The Balaban J connectivity index is 1.73. The summed E-state index contributed by atoms with van der Waals surface area (Å²) in [6.45, 7) is 0. The summed E-state index contributed by atoms with van der Waals surface area (Å²) in [6, 6.07) is 45.2. The van der Waals surface area contributed by atoms with Gasteiger partial charge in [0.2, 0.25) is 0 Å². The SMILES string of the molecule is c1ccc(-n2c3cc4ccccc4nc3c3cccc4c3c3c2cccc3n4-c2ccccc2)cc1. The Labute approximate surface area is 207 Å². The summed E-state index contributed by atoms with van der Waals surface area (Å²) in [5, 5.41) is 4.79. The zero-order valence-corrected chi connectivity index (χ0v) is 19.5. The molecule has 0 aliphatic carbocycles. The molecule has 168 valence electrons. The normalized spacial score (nSPS) is 11.9. The van der Waals surface area contributed by atoms with Crippen molar-refractivity contribution in [3.63, 3.8) is 0 Å². The van der Waals surface area contributed by atoms with Crippen LogP contribution in [0.1, 0.15) is 0 Å². The monoisotopic (exact) mass is 459 g/mol. The largest absolute Gasteiger partial charge is 0.309 e. The fraction of sp³-hybridized carbons (Fsp3) is 0. The van der Waals surface area contributed by atoms with E-state index in [1.807, 2.05) is 0 Å². The van der Waals surface area contributed by atoms with Gasteiger partial charge in [0.15, 0.2) is 0 Å². The van der Waals surface area contributed by atoms with Gasteiger partial charge in [-0.3, -0.25) is 0 Å². The Kier molecular flexibility index (Phi) is 3.94. The zero-order valence-electron chi connectivity index (χ0n) is 19.5. The first-order chi connectivity index (χ1) is 17.9. The Bertz CT molecular complexity index is 2080. The van der Waals surface area contributed by atoms with Crippen LogP contribution in [0.2, 0.25) is 0 Å². The fourth-order valence-corrected chi connectivity index (χ4v) is 5.79. The summed E-state index contributed by atoms with van der Waals surface area (Å²) < 4.78 is 4.76. The minimum Gasteiger partial charge on any atom is -0.309 e. The Morgan fingerprint density at radius 3 is 1.69 bits per heavy atom. The Morgan fingerprint density at radius 1 is 0.444 bits per heavy atom. The van der Waals surface area contributed by atoms with E-state index in [1.54, 1.807) is 0 Å². The van der Waals surface area contributed by atoms with Crippen LogP contribution in [0, 0.1) is 0 Å². The molecule has 0 spiro atoms. The van der Waals surface area contributed by atoms with Crippen molar-refractivity contribution in [3.05, 3.63) is 127 Å². The lowest BCUT2D eigenvalue weighted by atomic mass is 10.1. The molecule has 0 aliphatic heterocycles. The van der Waals surface area contributed by atoms with Crippen LogP contribution in [-0.2, 0) is 0 Å².